The van der Waals surface area contributed by atoms with Crippen molar-refractivity contribution < 1.29 is 4.79 Å². The second kappa shape index (κ2) is 7.12. The zero-order valence-corrected chi connectivity index (χ0v) is 16.9. The molecule has 0 aliphatic carbocycles. The van der Waals surface area contributed by atoms with Crippen molar-refractivity contribution in [1.29, 1.82) is 0 Å². The lowest BCUT2D eigenvalue weighted by molar-refractivity contribution is 0.0727. The van der Waals surface area contributed by atoms with Gasteiger partial charge in [-0.3, -0.25) is 9.48 Å². The third-order valence-corrected chi connectivity index (χ3v) is 6.12. The molecular formula is C22H30N4O. The molecule has 5 heteroatoms. The van der Waals surface area contributed by atoms with Crippen LogP contribution in [0, 0.1) is 6.92 Å². The number of aryl methyl sites for hydroxylation is 2. The molecule has 1 fully saturated rings. The first kappa shape index (κ1) is 18.2. The number of hydrogen-bond acceptors (Lipinski definition) is 3. The highest BCUT2D eigenvalue weighted by Gasteiger charge is 2.29. The van der Waals surface area contributed by atoms with Gasteiger partial charge in [0.15, 0.2) is 5.69 Å². The Kier molecular flexibility index (Phi) is 4.81. The van der Waals surface area contributed by atoms with Gasteiger partial charge in [-0.2, -0.15) is 5.10 Å². The maximum atomic E-state index is 13.0. The van der Waals surface area contributed by atoms with Crippen LogP contribution in [0.5, 0.6) is 0 Å². The van der Waals surface area contributed by atoms with Gasteiger partial charge < -0.3 is 10.2 Å². The first-order valence-corrected chi connectivity index (χ1v) is 10.1. The summed E-state index contributed by atoms with van der Waals surface area (Å²) >= 11 is 0. The van der Waals surface area contributed by atoms with Gasteiger partial charge in [0.25, 0.3) is 5.91 Å². The average molecular weight is 367 g/mol. The fourth-order valence-corrected chi connectivity index (χ4v) is 4.32. The smallest absolute Gasteiger partial charge is 0.274 e. The highest BCUT2D eigenvalue weighted by molar-refractivity contribution is 5.92. The number of carbonyl (C=O) groups excluding carboxylic acids is 1. The monoisotopic (exact) mass is 366 g/mol. The lowest BCUT2D eigenvalue weighted by atomic mass is 9.86. The van der Waals surface area contributed by atoms with E-state index >= 15 is 0 Å². The Hall–Kier alpha value is -2.14. The van der Waals surface area contributed by atoms with Crippen molar-refractivity contribution in [2.75, 3.05) is 13.1 Å². The molecule has 0 unspecified atom stereocenters. The Labute approximate surface area is 161 Å². The van der Waals surface area contributed by atoms with Crippen molar-refractivity contribution in [3.63, 3.8) is 0 Å². The fourth-order valence-electron chi connectivity index (χ4n) is 4.32. The SMILES string of the molecule is Cc1cc(C(=O)N2CCc3cc(C(C)C)cc([C@@H]4CCCN4)c3C2)nn1C. The van der Waals surface area contributed by atoms with Crippen LogP contribution in [0.2, 0.25) is 0 Å². The molecule has 0 bridgehead atoms. The quantitative estimate of drug-likeness (QED) is 0.905. The summed E-state index contributed by atoms with van der Waals surface area (Å²) in [5.74, 6) is 0.564. The van der Waals surface area contributed by atoms with Crippen LogP contribution in [-0.4, -0.2) is 33.7 Å². The molecule has 2 aliphatic rings. The molecule has 2 aliphatic heterocycles. The van der Waals surface area contributed by atoms with Gasteiger partial charge in [0, 0.05) is 31.9 Å². The minimum absolute atomic E-state index is 0.0441. The zero-order chi connectivity index (χ0) is 19.1. The van der Waals surface area contributed by atoms with E-state index in [-0.39, 0.29) is 5.91 Å². The number of aromatic nitrogens is 2. The molecule has 1 aromatic heterocycles. The molecular weight excluding hydrogens is 336 g/mol. The van der Waals surface area contributed by atoms with Crippen molar-refractivity contribution in [1.82, 2.24) is 20.0 Å². The number of nitrogens with one attached hydrogen (secondary N) is 1. The second-order valence-electron chi connectivity index (χ2n) is 8.32. The predicted molar refractivity (Wildman–Crippen MR) is 107 cm³/mol. The summed E-state index contributed by atoms with van der Waals surface area (Å²) in [5, 5.41) is 8.05. The molecule has 1 N–H and O–H groups in total. The third-order valence-electron chi connectivity index (χ3n) is 6.12. The molecule has 3 heterocycles. The Morgan fingerprint density at radius 1 is 1.30 bits per heavy atom. The molecule has 5 nitrogen and oxygen atoms in total. The van der Waals surface area contributed by atoms with Crippen molar-refractivity contribution >= 4 is 5.91 Å². The van der Waals surface area contributed by atoms with Crippen LogP contribution in [0.15, 0.2) is 18.2 Å². The van der Waals surface area contributed by atoms with E-state index in [4.69, 9.17) is 0 Å². The molecule has 1 atom stereocenters. The van der Waals surface area contributed by atoms with Crippen LogP contribution >= 0.6 is 0 Å². The van der Waals surface area contributed by atoms with Gasteiger partial charge in [-0.15, -0.1) is 0 Å². The first-order valence-electron chi connectivity index (χ1n) is 10.1. The molecule has 0 saturated carbocycles. The number of benzene rings is 1. The number of rotatable bonds is 3. The summed E-state index contributed by atoms with van der Waals surface area (Å²) in [5.41, 5.74) is 7.16. The minimum atomic E-state index is 0.0441. The van der Waals surface area contributed by atoms with E-state index in [1.807, 2.05) is 24.9 Å². The van der Waals surface area contributed by atoms with Crippen LogP contribution < -0.4 is 5.32 Å². The molecule has 144 valence electrons. The summed E-state index contributed by atoms with van der Waals surface area (Å²) in [6.45, 7) is 9.04. The third kappa shape index (κ3) is 3.41. The molecule has 0 radical (unpaired) electrons. The van der Waals surface area contributed by atoms with Crippen LogP contribution in [0.4, 0.5) is 0 Å². The van der Waals surface area contributed by atoms with Crippen LogP contribution in [0.3, 0.4) is 0 Å². The van der Waals surface area contributed by atoms with Gasteiger partial charge >= 0.3 is 0 Å². The maximum Gasteiger partial charge on any atom is 0.274 e. The molecule has 1 amide bonds. The Morgan fingerprint density at radius 3 is 2.74 bits per heavy atom. The lowest BCUT2D eigenvalue weighted by Crippen LogP contribution is -2.37. The number of nitrogens with zero attached hydrogens (tertiary/aromatic N) is 3. The average Bonchev–Trinajstić information content (AvgIpc) is 3.30. The predicted octanol–water partition coefficient (Wildman–Crippen LogP) is 3.47. The largest absolute Gasteiger partial charge is 0.333 e. The maximum absolute atomic E-state index is 13.0. The van der Waals surface area contributed by atoms with Crippen LogP contribution in [0.1, 0.15) is 77.1 Å². The summed E-state index contributed by atoms with van der Waals surface area (Å²) in [6.07, 6.45) is 3.33. The van der Waals surface area contributed by atoms with Gasteiger partial charge in [-0.1, -0.05) is 26.0 Å². The molecule has 1 saturated heterocycles. The molecule has 27 heavy (non-hydrogen) atoms. The molecule has 1 aromatic carbocycles. The van der Waals surface area contributed by atoms with Crippen LogP contribution in [-0.2, 0) is 20.0 Å². The lowest BCUT2D eigenvalue weighted by Gasteiger charge is -2.32. The summed E-state index contributed by atoms with van der Waals surface area (Å²) in [7, 11) is 1.88. The van der Waals surface area contributed by atoms with Gasteiger partial charge in [-0.25, -0.2) is 0 Å². The van der Waals surface area contributed by atoms with E-state index in [0.29, 0.717) is 24.2 Å². The number of carbonyl (C=O) groups is 1. The number of hydrogen-bond donors (Lipinski definition) is 1. The van der Waals surface area contributed by atoms with Gasteiger partial charge in [0.05, 0.1) is 0 Å². The van der Waals surface area contributed by atoms with Gasteiger partial charge in [-0.05, 0) is 67.0 Å². The highest BCUT2D eigenvalue weighted by atomic mass is 16.2. The van der Waals surface area contributed by atoms with Gasteiger partial charge in [0.1, 0.15) is 0 Å². The summed E-state index contributed by atoms with van der Waals surface area (Å²) in [4.78, 5) is 15.0. The molecule has 0 spiro atoms. The van der Waals surface area contributed by atoms with E-state index in [0.717, 1.165) is 25.2 Å². The first-order chi connectivity index (χ1) is 12.9. The zero-order valence-electron chi connectivity index (χ0n) is 16.9. The van der Waals surface area contributed by atoms with Crippen molar-refractivity contribution in [2.24, 2.45) is 7.05 Å². The highest BCUT2D eigenvalue weighted by Crippen LogP contribution is 2.34. The number of amides is 1. The number of fused-ring (bicyclic) bond motifs is 1. The second-order valence-corrected chi connectivity index (χ2v) is 8.32. The standard InChI is InChI=1S/C22H30N4O/c1-14(2)17-11-16-7-9-26(22(27)21-10-15(3)25(4)24-21)13-19(16)18(12-17)20-6-5-8-23-20/h10-12,14,20,23H,5-9,13H2,1-4H3/t20-/m0/s1. The van der Waals surface area contributed by atoms with Crippen LogP contribution in [0.25, 0.3) is 0 Å². The van der Waals surface area contributed by atoms with E-state index in [1.54, 1.807) is 4.68 Å². The Balaban J connectivity index is 1.67. The summed E-state index contributed by atoms with van der Waals surface area (Å²) in [6, 6.07) is 7.06. The van der Waals surface area contributed by atoms with E-state index in [9.17, 15) is 4.79 Å². The minimum Gasteiger partial charge on any atom is -0.333 e. The van der Waals surface area contributed by atoms with E-state index < -0.39 is 0 Å². The normalized spacial score (nSPS) is 19.6. The van der Waals surface area contributed by atoms with Crippen molar-refractivity contribution in [2.45, 2.75) is 58.5 Å². The summed E-state index contributed by atoms with van der Waals surface area (Å²) < 4.78 is 1.77. The van der Waals surface area contributed by atoms with Crippen molar-refractivity contribution in [3.05, 3.63) is 51.8 Å². The van der Waals surface area contributed by atoms with E-state index in [2.05, 4.69) is 36.4 Å². The van der Waals surface area contributed by atoms with Gasteiger partial charge in [0.2, 0.25) is 0 Å². The molecule has 4 rings (SSSR count). The Bertz CT molecular complexity index is 842. The van der Waals surface area contributed by atoms with E-state index in [1.165, 1.54) is 35.1 Å². The Morgan fingerprint density at radius 2 is 2.11 bits per heavy atom. The fraction of sp³-hybridized carbons (Fsp3) is 0.545. The molecule has 2 aromatic rings. The topological polar surface area (TPSA) is 50.2 Å². The van der Waals surface area contributed by atoms with Crippen molar-refractivity contribution in [3.8, 4) is 0 Å².